The van der Waals surface area contributed by atoms with E-state index in [1.807, 2.05) is 36.4 Å². The second-order valence-corrected chi connectivity index (χ2v) is 6.28. The molecule has 2 atom stereocenters. The number of nitrogens with zero attached hydrogens (tertiary/aromatic N) is 2. The number of benzene rings is 1. The quantitative estimate of drug-likeness (QED) is 0.825. The molecule has 1 saturated carbocycles. The summed E-state index contributed by atoms with van der Waals surface area (Å²) in [5.41, 5.74) is 0.439. The summed E-state index contributed by atoms with van der Waals surface area (Å²) >= 11 is 0. The molecule has 1 aromatic carbocycles. The van der Waals surface area contributed by atoms with E-state index in [9.17, 15) is 10.5 Å². The third-order valence-electron chi connectivity index (χ3n) is 5.15. The first-order chi connectivity index (χ1) is 12.6. The molecule has 1 aromatic rings. The second kappa shape index (κ2) is 6.98. The standard InChI is InChI=1S/C21H20N2O3/c1-24-18-10-15(11-19(25-2)20(18)26-3)17-9-14-7-5-4-6-8-16(14)21(17,12-22)13-23/h4-8,10-11,14,17H,9H2,1-3H3. The van der Waals surface area contributed by atoms with Gasteiger partial charge in [-0.15, -0.1) is 0 Å². The smallest absolute Gasteiger partial charge is 0.203 e. The van der Waals surface area contributed by atoms with Gasteiger partial charge in [-0.3, -0.25) is 0 Å². The number of hydrogen-bond donors (Lipinski definition) is 0. The van der Waals surface area contributed by atoms with Crippen LogP contribution in [0.4, 0.5) is 0 Å². The average molecular weight is 348 g/mol. The summed E-state index contributed by atoms with van der Waals surface area (Å²) in [5, 5.41) is 20.0. The number of methoxy groups -OCH3 is 3. The molecule has 0 N–H and O–H groups in total. The lowest BCUT2D eigenvalue weighted by Gasteiger charge is -2.24. The fourth-order valence-corrected chi connectivity index (χ4v) is 3.91. The van der Waals surface area contributed by atoms with Crippen LogP contribution in [0.2, 0.25) is 0 Å². The number of ether oxygens (including phenoxy) is 3. The Kier molecular flexibility index (Phi) is 4.73. The van der Waals surface area contributed by atoms with Crippen LogP contribution in [0, 0.1) is 34.0 Å². The molecule has 0 spiro atoms. The number of fused-ring (bicyclic) bond motifs is 1. The number of hydrogen-bond acceptors (Lipinski definition) is 5. The van der Waals surface area contributed by atoms with Crippen LogP contribution in [-0.2, 0) is 0 Å². The summed E-state index contributed by atoms with van der Waals surface area (Å²) < 4.78 is 16.3. The van der Waals surface area contributed by atoms with Crippen LogP contribution < -0.4 is 14.2 Å². The minimum Gasteiger partial charge on any atom is -0.493 e. The van der Waals surface area contributed by atoms with Crippen molar-refractivity contribution in [2.24, 2.45) is 11.3 Å². The third-order valence-corrected chi connectivity index (χ3v) is 5.15. The van der Waals surface area contributed by atoms with Gasteiger partial charge in [-0.05, 0) is 29.7 Å². The van der Waals surface area contributed by atoms with Gasteiger partial charge in [-0.2, -0.15) is 10.5 Å². The fraction of sp³-hybridized carbons (Fsp3) is 0.333. The molecule has 0 heterocycles. The van der Waals surface area contributed by atoms with Crippen molar-refractivity contribution in [1.29, 1.82) is 10.5 Å². The summed E-state index contributed by atoms with van der Waals surface area (Å²) in [4.78, 5) is 0. The van der Waals surface area contributed by atoms with Gasteiger partial charge < -0.3 is 14.2 Å². The molecule has 2 unspecified atom stereocenters. The van der Waals surface area contributed by atoms with Gasteiger partial charge in [0.05, 0.1) is 33.5 Å². The van der Waals surface area contributed by atoms with Crippen LogP contribution >= 0.6 is 0 Å². The van der Waals surface area contributed by atoms with E-state index in [-0.39, 0.29) is 11.8 Å². The van der Waals surface area contributed by atoms with Crippen LogP contribution in [0.25, 0.3) is 0 Å². The van der Waals surface area contributed by atoms with Gasteiger partial charge >= 0.3 is 0 Å². The summed E-state index contributed by atoms with van der Waals surface area (Å²) in [6.45, 7) is 0. The van der Waals surface area contributed by atoms with Crippen LogP contribution in [-0.4, -0.2) is 21.3 Å². The Hall–Kier alpha value is -3.18. The molecule has 1 fully saturated rings. The Morgan fingerprint density at radius 2 is 1.62 bits per heavy atom. The van der Waals surface area contributed by atoms with Crippen molar-refractivity contribution in [3.63, 3.8) is 0 Å². The first kappa shape index (κ1) is 17.6. The number of rotatable bonds is 4. The van der Waals surface area contributed by atoms with Gasteiger partial charge in [0.25, 0.3) is 0 Å². The highest BCUT2D eigenvalue weighted by molar-refractivity contribution is 5.58. The zero-order chi connectivity index (χ0) is 18.7. The van der Waals surface area contributed by atoms with Crippen molar-refractivity contribution in [3.05, 3.63) is 53.6 Å². The van der Waals surface area contributed by atoms with E-state index in [4.69, 9.17) is 14.2 Å². The zero-order valence-electron chi connectivity index (χ0n) is 15.0. The minimum atomic E-state index is -1.23. The van der Waals surface area contributed by atoms with Gasteiger partial charge in [0.2, 0.25) is 5.75 Å². The molecule has 26 heavy (non-hydrogen) atoms. The highest BCUT2D eigenvalue weighted by Crippen LogP contribution is 2.57. The topological polar surface area (TPSA) is 75.3 Å². The van der Waals surface area contributed by atoms with Crippen molar-refractivity contribution >= 4 is 0 Å². The molecule has 2 aliphatic rings. The molecule has 132 valence electrons. The van der Waals surface area contributed by atoms with Crippen LogP contribution in [0.3, 0.4) is 0 Å². The fourth-order valence-electron chi connectivity index (χ4n) is 3.91. The van der Waals surface area contributed by atoms with E-state index in [0.29, 0.717) is 23.7 Å². The van der Waals surface area contributed by atoms with E-state index in [2.05, 4.69) is 18.2 Å². The Morgan fingerprint density at radius 1 is 0.962 bits per heavy atom. The van der Waals surface area contributed by atoms with Crippen molar-refractivity contribution in [2.75, 3.05) is 21.3 Å². The lowest BCUT2D eigenvalue weighted by atomic mass is 9.74. The minimum absolute atomic E-state index is 0.0494. The van der Waals surface area contributed by atoms with Crippen LogP contribution in [0.1, 0.15) is 17.9 Å². The van der Waals surface area contributed by atoms with E-state index in [1.165, 1.54) is 0 Å². The largest absolute Gasteiger partial charge is 0.493 e. The molecule has 0 aromatic heterocycles. The van der Waals surface area contributed by atoms with E-state index < -0.39 is 5.41 Å². The first-order valence-corrected chi connectivity index (χ1v) is 8.33. The summed E-state index contributed by atoms with van der Waals surface area (Å²) in [6.07, 6.45) is 10.4. The van der Waals surface area contributed by atoms with Crippen LogP contribution in [0.5, 0.6) is 17.2 Å². The van der Waals surface area contributed by atoms with E-state index in [1.54, 1.807) is 21.3 Å². The summed E-state index contributed by atoms with van der Waals surface area (Å²) in [7, 11) is 4.65. The van der Waals surface area contributed by atoms with Crippen LogP contribution in [0.15, 0.2) is 48.1 Å². The normalized spacial score (nSPS) is 22.4. The monoisotopic (exact) mass is 348 g/mol. The Labute approximate surface area is 153 Å². The molecule has 0 amide bonds. The van der Waals surface area contributed by atoms with E-state index >= 15 is 0 Å². The lowest BCUT2D eigenvalue weighted by Crippen LogP contribution is -2.22. The molecule has 0 bridgehead atoms. The Bertz CT molecular complexity index is 844. The SMILES string of the molecule is COc1cc(C2CC3C=CC=CC=C3C2(C#N)C#N)cc(OC)c1OC. The molecule has 3 rings (SSSR count). The first-order valence-electron chi connectivity index (χ1n) is 8.33. The molecule has 5 nitrogen and oxygen atoms in total. The van der Waals surface area contributed by atoms with Crippen molar-refractivity contribution in [1.82, 2.24) is 0 Å². The van der Waals surface area contributed by atoms with E-state index in [0.717, 1.165) is 11.1 Å². The summed E-state index contributed by atoms with van der Waals surface area (Å²) in [6, 6.07) is 8.26. The van der Waals surface area contributed by atoms with Gasteiger partial charge in [-0.25, -0.2) is 0 Å². The lowest BCUT2D eigenvalue weighted by molar-refractivity contribution is 0.322. The maximum absolute atomic E-state index is 9.98. The summed E-state index contributed by atoms with van der Waals surface area (Å²) in [5.74, 6) is 1.28. The molecular formula is C21H20N2O3. The maximum Gasteiger partial charge on any atom is 0.203 e. The number of allylic oxidation sites excluding steroid dienone is 6. The van der Waals surface area contributed by atoms with Crippen molar-refractivity contribution in [2.45, 2.75) is 12.3 Å². The third kappa shape index (κ3) is 2.53. The van der Waals surface area contributed by atoms with Gasteiger partial charge in [0, 0.05) is 11.8 Å². The Balaban J connectivity index is 2.19. The van der Waals surface area contributed by atoms with Crippen molar-refractivity contribution < 1.29 is 14.2 Å². The van der Waals surface area contributed by atoms with Gasteiger partial charge in [0.15, 0.2) is 16.9 Å². The van der Waals surface area contributed by atoms with Crippen molar-refractivity contribution in [3.8, 4) is 29.4 Å². The van der Waals surface area contributed by atoms with Gasteiger partial charge in [0.1, 0.15) is 0 Å². The molecule has 0 radical (unpaired) electrons. The van der Waals surface area contributed by atoms with Gasteiger partial charge in [-0.1, -0.05) is 30.4 Å². The molecule has 2 aliphatic carbocycles. The predicted molar refractivity (Wildman–Crippen MR) is 97.0 cm³/mol. The zero-order valence-corrected chi connectivity index (χ0v) is 15.0. The highest BCUT2D eigenvalue weighted by atomic mass is 16.5. The predicted octanol–water partition coefficient (Wildman–Crippen LogP) is 3.90. The highest BCUT2D eigenvalue weighted by Gasteiger charge is 2.52. The maximum atomic E-state index is 9.98. The average Bonchev–Trinajstić information content (AvgIpc) is 2.81. The Morgan fingerprint density at radius 3 is 2.15 bits per heavy atom. The molecule has 5 heteroatoms. The molecule has 0 aliphatic heterocycles. The molecular weight excluding hydrogens is 328 g/mol. The molecule has 0 saturated heterocycles. The second-order valence-electron chi connectivity index (χ2n) is 6.28. The number of nitriles is 2.